The summed E-state index contributed by atoms with van der Waals surface area (Å²) < 4.78 is 0. The van der Waals surface area contributed by atoms with E-state index >= 15 is 0 Å². The van der Waals surface area contributed by atoms with Crippen LogP contribution in [0.15, 0.2) is 0 Å². The lowest BCUT2D eigenvalue weighted by atomic mass is 10.1. The fraction of sp³-hybridized carbons (Fsp3) is 1.00. The molecule has 0 saturated carbocycles. The van der Waals surface area contributed by atoms with Gasteiger partial charge in [0.05, 0.1) is 6.61 Å². The van der Waals surface area contributed by atoms with Gasteiger partial charge in [-0.1, -0.05) is 58.3 Å². The Hall–Kier alpha value is -0.120. The topological polar surface area (TPSA) is 52.5 Å². The summed E-state index contributed by atoms with van der Waals surface area (Å²) in [6, 6.07) is 0. The third-order valence-corrected chi connectivity index (χ3v) is 3.07. The second-order valence-electron chi connectivity index (χ2n) is 4.81. The fourth-order valence-electron chi connectivity index (χ4n) is 1.98. The van der Waals surface area contributed by atoms with Crippen LogP contribution in [0.4, 0.5) is 0 Å². The molecule has 0 aromatic heterocycles. The fourth-order valence-corrected chi connectivity index (χ4v) is 1.98. The highest BCUT2D eigenvalue weighted by atomic mass is 16.3. The Morgan fingerprint density at radius 1 is 0.882 bits per heavy atom. The van der Waals surface area contributed by atoms with Crippen molar-refractivity contribution in [1.29, 1.82) is 0 Å². The van der Waals surface area contributed by atoms with E-state index in [2.05, 4.69) is 12.2 Å². The van der Waals surface area contributed by atoms with Gasteiger partial charge in [0.15, 0.2) is 0 Å². The number of unbranched alkanes of at least 4 members (excludes halogenated alkanes) is 8. The molecule has 0 aliphatic heterocycles. The molecule has 0 aromatic rings. The second-order valence-corrected chi connectivity index (χ2v) is 4.81. The molecule has 3 heteroatoms. The summed E-state index contributed by atoms with van der Waals surface area (Å²) in [7, 11) is 0. The first-order chi connectivity index (χ1) is 8.31. The Kier molecular flexibility index (Phi) is 13.8. The van der Waals surface area contributed by atoms with Crippen LogP contribution < -0.4 is 5.32 Å². The quantitative estimate of drug-likeness (QED) is 0.345. The van der Waals surface area contributed by atoms with Crippen LogP contribution in [0.25, 0.3) is 0 Å². The number of nitrogens with one attached hydrogen (secondary N) is 1. The maximum Gasteiger partial charge on any atom is 0.104 e. The molecule has 0 fully saturated rings. The largest absolute Gasteiger partial charge is 0.395 e. The maximum atomic E-state index is 9.46. The van der Waals surface area contributed by atoms with Crippen molar-refractivity contribution in [1.82, 2.24) is 5.32 Å². The first-order valence-corrected chi connectivity index (χ1v) is 7.33. The van der Waals surface area contributed by atoms with E-state index in [0.29, 0.717) is 6.54 Å². The van der Waals surface area contributed by atoms with Gasteiger partial charge in [-0.2, -0.15) is 0 Å². The van der Waals surface area contributed by atoms with Crippen LogP contribution in [-0.2, 0) is 0 Å². The maximum absolute atomic E-state index is 9.46. The minimum absolute atomic E-state index is 0.0921. The van der Waals surface area contributed by atoms with E-state index in [-0.39, 0.29) is 6.61 Å². The van der Waals surface area contributed by atoms with Crippen molar-refractivity contribution in [3.05, 3.63) is 0 Å². The van der Waals surface area contributed by atoms with Crippen molar-refractivity contribution in [2.75, 3.05) is 13.2 Å². The number of hydrogen-bond acceptors (Lipinski definition) is 3. The van der Waals surface area contributed by atoms with Gasteiger partial charge >= 0.3 is 0 Å². The smallest absolute Gasteiger partial charge is 0.104 e. The molecule has 104 valence electrons. The zero-order valence-electron chi connectivity index (χ0n) is 11.5. The normalized spacial score (nSPS) is 12.9. The number of aliphatic hydroxyl groups excluding tert-OH is 2. The lowest BCUT2D eigenvalue weighted by molar-refractivity contribution is 0.116. The lowest BCUT2D eigenvalue weighted by Gasteiger charge is -2.11. The first-order valence-electron chi connectivity index (χ1n) is 7.33. The van der Waals surface area contributed by atoms with Crippen molar-refractivity contribution in [3.63, 3.8) is 0 Å². The molecular formula is C14H31NO2. The molecule has 0 saturated heterocycles. The van der Waals surface area contributed by atoms with Crippen molar-refractivity contribution >= 4 is 0 Å². The summed E-state index contributed by atoms with van der Waals surface area (Å²) in [6.07, 6.45) is 12.1. The molecule has 0 spiro atoms. The van der Waals surface area contributed by atoms with Crippen molar-refractivity contribution in [2.24, 2.45) is 0 Å². The zero-order chi connectivity index (χ0) is 12.8. The molecular weight excluding hydrogens is 214 g/mol. The van der Waals surface area contributed by atoms with Crippen LogP contribution >= 0.6 is 0 Å². The minimum Gasteiger partial charge on any atom is -0.395 e. The molecule has 3 N–H and O–H groups in total. The highest BCUT2D eigenvalue weighted by Crippen LogP contribution is 2.10. The highest BCUT2D eigenvalue weighted by molar-refractivity contribution is 4.54. The minimum atomic E-state index is -0.438. The second kappa shape index (κ2) is 13.9. The average molecular weight is 245 g/mol. The van der Waals surface area contributed by atoms with Crippen LogP contribution in [0.5, 0.6) is 0 Å². The first kappa shape index (κ1) is 16.9. The van der Waals surface area contributed by atoms with Gasteiger partial charge in [-0.25, -0.2) is 0 Å². The molecule has 3 nitrogen and oxygen atoms in total. The summed E-state index contributed by atoms with van der Waals surface area (Å²) in [5.74, 6) is 0. The molecule has 0 heterocycles. The summed E-state index contributed by atoms with van der Waals surface area (Å²) in [4.78, 5) is 0. The van der Waals surface area contributed by atoms with E-state index in [4.69, 9.17) is 5.11 Å². The average Bonchev–Trinajstić information content (AvgIpc) is 2.34. The summed E-state index contributed by atoms with van der Waals surface area (Å²) >= 11 is 0. The molecule has 0 aromatic carbocycles. The standard InChI is InChI=1S/C14H31NO2/c1-2-3-4-5-6-7-8-9-10-11-14(17)15-12-13-16/h14-17H,2-13H2,1H3. The van der Waals surface area contributed by atoms with E-state index in [1.54, 1.807) is 0 Å². The number of rotatable bonds is 13. The zero-order valence-corrected chi connectivity index (χ0v) is 11.5. The number of aliphatic hydroxyl groups is 2. The Balaban J connectivity index is 3.02. The van der Waals surface area contributed by atoms with Gasteiger partial charge in [0.1, 0.15) is 6.23 Å². The molecule has 0 radical (unpaired) electrons. The molecule has 1 atom stereocenters. The molecule has 17 heavy (non-hydrogen) atoms. The van der Waals surface area contributed by atoms with E-state index in [1.807, 2.05) is 0 Å². The van der Waals surface area contributed by atoms with Crippen LogP contribution in [0.1, 0.15) is 71.1 Å². The van der Waals surface area contributed by atoms with Gasteiger partial charge in [-0.3, -0.25) is 5.32 Å². The molecule has 0 bridgehead atoms. The van der Waals surface area contributed by atoms with Gasteiger partial charge in [-0.05, 0) is 12.8 Å². The lowest BCUT2D eigenvalue weighted by Crippen LogP contribution is -2.30. The van der Waals surface area contributed by atoms with Crippen LogP contribution in [0.3, 0.4) is 0 Å². The Morgan fingerprint density at radius 3 is 1.94 bits per heavy atom. The van der Waals surface area contributed by atoms with Crippen molar-refractivity contribution in [2.45, 2.75) is 77.4 Å². The van der Waals surface area contributed by atoms with Gasteiger partial charge < -0.3 is 10.2 Å². The SMILES string of the molecule is CCCCCCCCCCCC(O)NCCO. The van der Waals surface area contributed by atoms with Crippen molar-refractivity contribution in [3.8, 4) is 0 Å². The third kappa shape index (κ3) is 13.8. The third-order valence-electron chi connectivity index (χ3n) is 3.07. The van der Waals surface area contributed by atoms with E-state index < -0.39 is 6.23 Å². The molecule has 0 aliphatic rings. The predicted molar refractivity (Wildman–Crippen MR) is 72.9 cm³/mol. The van der Waals surface area contributed by atoms with Gasteiger partial charge in [0, 0.05) is 6.54 Å². The molecule has 0 rings (SSSR count). The summed E-state index contributed by atoms with van der Waals surface area (Å²) in [6.45, 7) is 2.82. The van der Waals surface area contributed by atoms with Crippen LogP contribution in [0.2, 0.25) is 0 Å². The predicted octanol–water partition coefficient (Wildman–Crippen LogP) is 2.81. The molecule has 0 aliphatic carbocycles. The van der Waals surface area contributed by atoms with E-state index in [0.717, 1.165) is 12.8 Å². The summed E-state index contributed by atoms with van der Waals surface area (Å²) in [5.41, 5.74) is 0. The Morgan fingerprint density at radius 2 is 1.41 bits per heavy atom. The number of hydrogen-bond donors (Lipinski definition) is 3. The highest BCUT2D eigenvalue weighted by Gasteiger charge is 2.01. The monoisotopic (exact) mass is 245 g/mol. The molecule has 0 amide bonds. The van der Waals surface area contributed by atoms with Crippen LogP contribution in [-0.4, -0.2) is 29.6 Å². The van der Waals surface area contributed by atoms with E-state index in [1.165, 1.54) is 51.4 Å². The van der Waals surface area contributed by atoms with Gasteiger partial charge in [-0.15, -0.1) is 0 Å². The van der Waals surface area contributed by atoms with Gasteiger partial charge in [0.2, 0.25) is 0 Å². The molecule has 1 unspecified atom stereocenters. The van der Waals surface area contributed by atoms with E-state index in [9.17, 15) is 5.11 Å². The van der Waals surface area contributed by atoms with Crippen molar-refractivity contribution < 1.29 is 10.2 Å². The Bertz CT molecular complexity index is 142. The Labute approximate surface area is 107 Å². The van der Waals surface area contributed by atoms with Gasteiger partial charge in [0.25, 0.3) is 0 Å². The van der Waals surface area contributed by atoms with Crippen LogP contribution in [0, 0.1) is 0 Å². The summed E-state index contributed by atoms with van der Waals surface area (Å²) in [5, 5.41) is 20.9.